The van der Waals surface area contributed by atoms with Crippen molar-refractivity contribution in [1.82, 2.24) is 0 Å². The Morgan fingerprint density at radius 1 is 0.958 bits per heavy atom. The van der Waals surface area contributed by atoms with Gasteiger partial charge in [0, 0.05) is 15.7 Å². The van der Waals surface area contributed by atoms with Crippen LogP contribution < -0.4 is 5.32 Å². The molecule has 0 heterocycles. The Balaban J connectivity index is 1.72. The molecule has 24 heavy (non-hydrogen) atoms. The number of rotatable bonds is 4. The Kier molecular flexibility index (Phi) is 5.06. The van der Waals surface area contributed by atoms with Crippen molar-refractivity contribution >= 4 is 37.4 Å². The van der Waals surface area contributed by atoms with Gasteiger partial charge in [0.15, 0.2) is 9.84 Å². The van der Waals surface area contributed by atoms with E-state index in [-0.39, 0.29) is 11.2 Å². The van der Waals surface area contributed by atoms with Crippen molar-refractivity contribution in [2.24, 2.45) is 0 Å². The molecule has 0 atom stereocenters. The number of sulfone groups is 1. The molecule has 0 radical (unpaired) electrons. The van der Waals surface area contributed by atoms with E-state index in [9.17, 15) is 13.2 Å². The van der Waals surface area contributed by atoms with Crippen LogP contribution in [0.3, 0.4) is 0 Å². The Morgan fingerprint density at radius 2 is 1.54 bits per heavy atom. The molecule has 0 saturated heterocycles. The Hall–Kier alpha value is -1.66. The maximum absolute atomic E-state index is 12.5. The molecule has 2 aromatic carbocycles. The number of carbonyl (C=O) groups excluding carboxylic acids is 1. The van der Waals surface area contributed by atoms with Crippen LogP contribution >= 0.6 is 15.9 Å². The number of hydrogen-bond acceptors (Lipinski definition) is 3. The maximum atomic E-state index is 12.5. The molecule has 1 aliphatic carbocycles. The number of anilines is 1. The zero-order valence-electron chi connectivity index (χ0n) is 13.0. The highest BCUT2D eigenvalue weighted by Gasteiger charge is 2.30. The van der Waals surface area contributed by atoms with E-state index in [1.54, 1.807) is 48.5 Å². The maximum Gasteiger partial charge on any atom is 0.255 e. The minimum Gasteiger partial charge on any atom is -0.322 e. The van der Waals surface area contributed by atoms with Gasteiger partial charge in [0.25, 0.3) is 5.91 Å². The largest absolute Gasteiger partial charge is 0.322 e. The molecule has 1 aliphatic rings. The molecule has 2 aromatic rings. The SMILES string of the molecule is O=C(Nc1ccc(S(=O)(=O)C2CCCC2)cc1)c1ccc(Br)cc1. The van der Waals surface area contributed by atoms with Gasteiger partial charge >= 0.3 is 0 Å². The molecular weight excluding hydrogens is 390 g/mol. The highest BCUT2D eigenvalue weighted by atomic mass is 79.9. The third kappa shape index (κ3) is 3.70. The van der Waals surface area contributed by atoms with Crippen molar-refractivity contribution in [3.05, 3.63) is 58.6 Å². The molecule has 1 amide bonds. The Morgan fingerprint density at radius 3 is 2.12 bits per heavy atom. The van der Waals surface area contributed by atoms with Gasteiger partial charge in [0.1, 0.15) is 0 Å². The summed E-state index contributed by atoms with van der Waals surface area (Å²) >= 11 is 3.33. The lowest BCUT2D eigenvalue weighted by molar-refractivity contribution is 0.102. The summed E-state index contributed by atoms with van der Waals surface area (Å²) in [6.45, 7) is 0. The molecule has 0 bridgehead atoms. The molecule has 0 spiro atoms. The monoisotopic (exact) mass is 407 g/mol. The van der Waals surface area contributed by atoms with Gasteiger partial charge in [0.05, 0.1) is 10.1 Å². The summed E-state index contributed by atoms with van der Waals surface area (Å²) in [6.07, 6.45) is 3.44. The standard InChI is InChI=1S/C18H18BrNO3S/c19-14-7-5-13(6-8-14)18(21)20-15-9-11-17(12-10-15)24(22,23)16-3-1-2-4-16/h5-12,16H,1-4H2,(H,20,21). The fourth-order valence-electron chi connectivity index (χ4n) is 2.92. The molecule has 1 saturated carbocycles. The predicted molar refractivity (Wildman–Crippen MR) is 98.0 cm³/mol. The topological polar surface area (TPSA) is 63.2 Å². The fraction of sp³-hybridized carbons (Fsp3) is 0.278. The van der Waals surface area contributed by atoms with Gasteiger partial charge in [-0.3, -0.25) is 4.79 Å². The van der Waals surface area contributed by atoms with E-state index in [2.05, 4.69) is 21.2 Å². The second-order valence-corrected chi connectivity index (χ2v) is 9.08. The van der Waals surface area contributed by atoms with E-state index >= 15 is 0 Å². The van der Waals surface area contributed by atoms with Crippen molar-refractivity contribution in [2.45, 2.75) is 35.8 Å². The molecule has 0 unspecified atom stereocenters. The molecule has 1 N–H and O–H groups in total. The summed E-state index contributed by atoms with van der Waals surface area (Å²) in [5, 5.41) is 2.51. The molecule has 0 aromatic heterocycles. The first-order valence-electron chi connectivity index (χ1n) is 7.88. The van der Waals surface area contributed by atoms with Crippen molar-refractivity contribution in [2.75, 3.05) is 5.32 Å². The van der Waals surface area contributed by atoms with E-state index in [0.717, 1.165) is 30.2 Å². The van der Waals surface area contributed by atoms with Gasteiger partial charge in [-0.05, 0) is 61.4 Å². The van der Waals surface area contributed by atoms with Crippen LogP contribution in [-0.4, -0.2) is 19.6 Å². The molecule has 1 fully saturated rings. The molecule has 3 rings (SSSR count). The van der Waals surface area contributed by atoms with Crippen LogP contribution in [-0.2, 0) is 9.84 Å². The highest BCUT2D eigenvalue weighted by Crippen LogP contribution is 2.30. The van der Waals surface area contributed by atoms with Gasteiger partial charge in [-0.25, -0.2) is 8.42 Å². The Labute approximate surface area is 150 Å². The molecular formula is C18H18BrNO3S. The third-order valence-corrected chi connectivity index (χ3v) is 7.10. The molecule has 6 heteroatoms. The normalized spacial score (nSPS) is 15.4. The van der Waals surface area contributed by atoms with E-state index in [1.165, 1.54) is 0 Å². The average Bonchev–Trinajstić information content (AvgIpc) is 3.11. The van der Waals surface area contributed by atoms with Gasteiger partial charge in [0.2, 0.25) is 0 Å². The van der Waals surface area contributed by atoms with Gasteiger partial charge in [-0.2, -0.15) is 0 Å². The number of carbonyl (C=O) groups is 1. The van der Waals surface area contributed by atoms with Crippen molar-refractivity contribution < 1.29 is 13.2 Å². The number of hydrogen-bond donors (Lipinski definition) is 1. The summed E-state index contributed by atoms with van der Waals surface area (Å²) in [5.41, 5.74) is 1.12. The van der Waals surface area contributed by atoms with E-state index in [0.29, 0.717) is 16.1 Å². The fourth-order valence-corrected chi connectivity index (χ4v) is 5.04. The molecule has 0 aliphatic heterocycles. The van der Waals surface area contributed by atoms with Crippen LogP contribution in [0.25, 0.3) is 0 Å². The summed E-state index contributed by atoms with van der Waals surface area (Å²) in [7, 11) is -3.26. The van der Waals surface area contributed by atoms with E-state index < -0.39 is 9.84 Å². The third-order valence-electron chi connectivity index (χ3n) is 4.29. The van der Waals surface area contributed by atoms with Crippen LogP contribution in [0.2, 0.25) is 0 Å². The minimum absolute atomic E-state index is 0.228. The predicted octanol–water partition coefficient (Wildman–Crippen LogP) is 4.42. The van der Waals surface area contributed by atoms with Crippen LogP contribution in [0.15, 0.2) is 57.9 Å². The van der Waals surface area contributed by atoms with E-state index in [4.69, 9.17) is 0 Å². The second kappa shape index (κ2) is 7.07. The zero-order chi connectivity index (χ0) is 17.2. The van der Waals surface area contributed by atoms with Crippen molar-refractivity contribution in [3.63, 3.8) is 0 Å². The smallest absolute Gasteiger partial charge is 0.255 e. The summed E-state index contributed by atoms with van der Waals surface area (Å²) in [6, 6.07) is 13.5. The lowest BCUT2D eigenvalue weighted by Gasteiger charge is -2.12. The van der Waals surface area contributed by atoms with Crippen LogP contribution in [0.5, 0.6) is 0 Å². The van der Waals surface area contributed by atoms with Crippen molar-refractivity contribution in [3.8, 4) is 0 Å². The number of benzene rings is 2. The quantitative estimate of drug-likeness (QED) is 0.815. The summed E-state index contributed by atoms with van der Waals surface area (Å²) < 4.78 is 26.0. The Bertz CT molecular complexity index is 824. The van der Waals surface area contributed by atoms with Gasteiger partial charge < -0.3 is 5.32 Å². The van der Waals surface area contributed by atoms with Crippen LogP contribution in [0, 0.1) is 0 Å². The lowest BCUT2D eigenvalue weighted by Crippen LogP contribution is -2.18. The zero-order valence-corrected chi connectivity index (χ0v) is 15.4. The number of amides is 1. The van der Waals surface area contributed by atoms with Gasteiger partial charge in [-0.15, -0.1) is 0 Å². The number of nitrogens with one attached hydrogen (secondary N) is 1. The molecule has 126 valence electrons. The minimum atomic E-state index is -3.26. The lowest BCUT2D eigenvalue weighted by atomic mass is 10.2. The van der Waals surface area contributed by atoms with Crippen LogP contribution in [0.4, 0.5) is 5.69 Å². The first-order chi connectivity index (χ1) is 11.5. The second-order valence-electron chi connectivity index (χ2n) is 5.94. The first-order valence-corrected chi connectivity index (χ1v) is 10.2. The van der Waals surface area contributed by atoms with E-state index in [1.807, 2.05) is 0 Å². The average molecular weight is 408 g/mol. The summed E-state index contributed by atoms with van der Waals surface area (Å²) in [4.78, 5) is 12.5. The van der Waals surface area contributed by atoms with Crippen molar-refractivity contribution in [1.29, 1.82) is 0 Å². The highest BCUT2D eigenvalue weighted by molar-refractivity contribution is 9.10. The number of halogens is 1. The van der Waals surface area contributed by atoms with Gasteiger partial charge in [-0.1, -0.05) is 28.8 Å². The summed E-state index contributed by atoms with van der Waals surface area (Å²) in [5.74, 6) is -0.228. The first kappa shape index (κ1) is 17.2. The molecule has 4 nitrogen and oxygen atoms in total. The van der Waals surface area contributed by atoms with Crippen LogP contribution in [0.1, 0.15) is 36.0 Å².